The summed E-state index contributed by atoms with van der Waals surface area (Å²) in [5.41, 5.74) is 7.19. The summed E-state index contributed by atoms with van der Waals surface area (Å²) < 4.78 is 1.45. The lowest BCUT2D eigenvalue weighted by Gasteiger charge is -2.17. The minimum absolute atomic E-state index is 0.00572. The predicted molar refractivity (Wildman–Crippen MR) is 109 cm³/mol. The molecule has 0 radical (unpaired) electrons. The molecule has 0 saturated carbocycles. The van der Waals surface area contributed by atoms with Crippen LogP contribution in [0.1, 0.15) is 43.1 Å². The maximum Gasteiger partial charge on any atom is 0.294 e. The normalized spacial score (nSPS) is 15.4. The van der Waals surface area contributed by atoms with E-state index in [0.29, 0.717) is 30.6 Å². The summed E-state index contributed by atoms with van der Waals surface area (Å²) in [7, 11) is 0. The predicted octanol–water partition coefficient (Wildman–Crippen LogP) is 1.80. The molecule has 0 aliphatic carbocycles. The molecule has 1 atom stereocenters. The summed E-state index contributed by atoms with van der Waals surface area (Å²) >= 11 is 6.24. The smallest absolute Gasteiger partial charge is 0.294 e. The summed E-state index contributed by atoms with van der Waals surface area (Å²) in [6, 6.07) is 6.46. The first kappa shape index (κ1) is 19.9. The number of rotatable bonds is 6. The average molecular weight is 403 g/mol. The van der Waals surface area contributed by atoms with Crippen molar-refractivity contribution < 1.29 is 4.79 Å². The molecule has 1 aliphatic heterocycles. The van der Waals surface area contributed by atoms with Crippen LogP contribution >= 0.6 is 11.6 Å². The van der Waals surface area contributed by atoms with Gasteiger partial charge in [-0.15, -0.1) is 0 Å². The van der Waals surface area contributed by atoms with Gasteiger partial charge in [-0.2, -0.15) is 0 Å². The zero-order chi connectivity index (χ0) is 20.4. The van der Waals surface area contributed by atoms with Gasteiger partial charge in [-0.1, -0.05) is 35.9 Å². The zero-order valence-corrected chi connectivity index (χ0v) is 16.5. The van der Waals surface area contributed by atoms with E-state index in [0.717, 1.165) is 5.56 Å². The molecule has 1 aromatic heterocycles. The van der Waals surface area contributed by atoms with Crippen molar-refractivity contribution in [3.8, 4) is 0 Å². The van der Waals surface area contributed by atoms with Crippen molar-refractivity contribution in [3.05, 3.63) is 56.6 Å². The van der Waals surface area contributed by atoms with Crippen LogP contribution in [0.5, 0.6) is 0 Å². The van der Waals surface area contributed by atoms with E-state index in [4.69, 9.17) is 22.7 Å². The van der Waals surface area contributed by atoms with Crippen LogP contribution in [0.2, 0.25) is 5.15 Å². The number of fused-ring (bicyclic) bond motifs is 1. The lowest BCUT2D eigenvalue weighted by atomic mass is 10.1. The zero-order valence-electron chi connectivity index (χ0n) is 15.8. The molecule has 1 amide bonds. The highest BCUT2D eigenvalue weighted by atomic mass is 35.5. The third kappa shape index (κ3) is 4.01. The van der Waals surface area contributed by atoms with E-state index < -0.39 is 6.04 Å². The molecule has 1 aliphatic rings. The summed E-state index contributed by atoms with van der Waals surface area (Å²) in [5, 5.41) is 13.5. The first-order chi connectivity index (χ1) is 13.3. The van der Waals surface area contributed by atoms with Crippen LogP contribution in [0.25, 0.3) is 0 Å². The molecule has 2 aromatic rings. The lowest BCUT2D eigenvalue weighted by Crippen LogP contribution is -2.37. The molecule has 5 N–H and O–H groups in total. The van der Waals surface area contributed by atoms with Crippen molar-refractivity contribution >= 4 is 29.2 Å². The molecular formula is C19H23ClN6O2. The highest BCUT2D eigenvalue weighted by Gasteiger charge is 2.32. The SMILES string of the molecule is CC(C)Nc1nc(Cl)c2n(c1=O)[C@H](C(=O)NCc1ccc(C(=N)N)cc1)CC2. The van der Waals surface area contributed by atoms with E-state index >= 15 is 0 Å². The number of hydrogen-bond donors (Lipinski definition) is 4. The Bertz CT molecular complexity index is 968. The second kappa shape index (κ2) is 8.02. The minimum atomic E-state index is -0.618. The van der Waals surface area contributed by atoms with Crippen molar-refractivity contribution in [2.75, 3.05) is 5.32 Å². The molecule has 28 heavy (non-hydrogen) atoms. The topological polar surface area (TPSA) is 126 Å². The van der Waals surface area contributed by atoms with E-state index in [1.165, 1.54) is 4.57 Å². The highest BCUT2D eigenvalue weighted by molar-refractivity contribution is 6.30. The number of amidine groups is 1. The van der Waals surface area contributed by atoms with Crippen molar-refractivity contribution in [2.24, 2.45) is 5.73 Å². The van der Waals surface area contributed by atoms with Crippen LogP contribution in [-0.4, -0.2) is 27.3 Å². The fraction of sp³-hybridized carbons (Fsp3) is 0.368. The van der Waals surface area contributed by atoms with E-state index in [1.54, 1.807) is 24.3 Å². The van der Waals surface area contributed by atoms with Crippen LogP contribution in [0.4, 0.5) is 5.82 Å². The number of benzene rings is 1. The minimum Gasteiger partial charge on any atom is -0.384 e. The Morgan fingerprint density at radius 1 is 1.39 bits per heavy atom. The van der Waals surface area contributed by atoms with Crippen LogP contribution in [0, 0.1) is 5.41 Å². The second-order valence-electron chi connectivity index (χ2n) is 7.05. The Morgan fingerprint density at radius 2 is 2.07 bits per heavy atom. The van der Waals surface area contributed by atoms with Gasteiger partial charge in [0.25, 0.3) is 5.56 Å². The first-order valence-electron chi connectivity index (χ1n) is 9.06. The van der Waals surface area contributed by atoms with Crippen LogP contribution in [0.15, 0.2) is 29.1 Å². The first-order valence-corrected chi connectivity index (χ1v) is 9.44. The molecule has 3 rings (SSSR count). The molecule has 0 spiro atoms. The number of hydrogen-bond acceptors (Lipinski definition) is 5. The lowest BCUT2D eigenvalue weighted by molar-refractivity contribution is -0.124. The van der Waals surface area contributed by atoms with Gasteiger partial charge in [-0.05, 0) is 32.3 Å². The molecule has 9 heteroatoms. The van der Waals surface area contributed by atoms with Gasteiger partial charge in [0.2, 0.25) is 5.91 Å². The van der Waals surface area contributed by atoms with E-state index in [9.17, 15) is 9.59 Å². The largest absolute Gasteiger partial charge is 0.384 e. The van der Waals surface area contributed by atoms with E-state index in [-0.39, 0.29) is 34.3 Å². The van der Waals surface area contributed by atoms with Gasteiger partial charge in [-0.3, -0.25) is 19.6 Å². The third-order valence-corrected chi connectivity index (χ3v) is 4.89. The van der Waals surface area contributed by atoms with Gasteiger partial charge in [-0.25, -0.2) is 4.98 Å². The standard InChI is InChI=1S/C19H23ClN6O2/c1-10(2)24-17-19(28)26-13(15(20)25-17)7-8-14(26)18(27)23-9-11-3-5-12(6-4-11)16(21)22/h3-6,10,14H,7-9H2,1-2H3,(H3,21,22)(H,23,27)(H,24,25)/t14-/m0/s1. The number of nitrogens with zero attached hydrogens (tertiary/aromatic N) is 2. The Balaban J connectivity index is 1.77. The fourth-order valence-corrected chi connectivity index (χ4v) is 3.50. The van der Waals surface area contributed by atoms with E-state index in [2.05, 4.69) is 15.6 Å². The monoisotopic (exact) mass is 402 g/mol. The number of carbonyl (C=O) groups is 1. The molecule has 0 unspecified atom stereocenters. The highest BCUT2D eigenvalue weighted by Crippen LogP contribution is 2.29. The average Bonchev–Trinajstić information content (AvgIpc) is 3.10. The molecule has 0 saturated heterocycles. The van der Waals surface area contributed by atoms with Gasteiger partial charge in [0.15, 0.2) is 11.0 Å². The van der Waals surface area contributed by atoms with Crippen LogP contribution < -0.4 is 21.9 Å². The number of nitrogens with one attached hydrogen (secondary N) is 3. The maximum absolute atomic E-state index is 12.8. The summed E-state index contributed by atoms with van der Waals surface area (Å²) in [4.78, 5) is 29.7. The van der Waals surface area contributed by atoms with Crippen molar-refractivity contribution in [2.45, 2.75) is 45.3 Å². The molecule has 148 valence electrons. The van der Waals surface area contributed by atoms with Gasteiger partial charge >= 0.3 is 0 Å². The number of carbonyl (C=O) groups excluding carboxylic acids is 1. The quantitative estimate of drug-likeness (QED) is 0.433. The van der Waals surface area contributed by atoms with Crippen molar-refractivity contribution in [1.29, 1.82) is 5.41 Å². The molecule has 8 nitrogen and oxygen atoms in total. The molecule has 0 fully saturated rings. The Kier molecular flexibility index (Phi) is 5.69. The van der Waals surface area contributed by atoms with Gasteiger partial charge in [0.05, 0.1) is 5.69 Å². The summed E-state index contributed by atoms with van der Waals surface area (Å²) in [6.45, 7) is 4.11. The number of halogens is 1. The number of amides is 1. The third-order valence-electron chi connectivity index (χ3n) is 4.59. The van der Waals surface area contributed by atoms with E-state index in [1.807, 2.05) is 13.8 Å². The molecule has 0 bridgehead atoms. The number of anilines is 1. The molecule has 2 heterocycles. The van der Waals surface area contributed by atoms with Gasteiger partial charge in [0.1, 0.15) is 11.9 Å². The molecular weight excluding hydrogens is 380 g/mol. The van der Waals surface area contributed by atoms with Crippen molar-refractivity contribution in [1.82, 2.24) is 14.9 Å². The molecule has 1 aromatic carbocycles. The maximum atomic E-state index is 12.8. The van der Waals surface area contributed by atoms with Gasteiger partial charge in [0, 0.05) is 18.2 Å². The number of aromatic nitrogens is 2. The summed E-state index contributed by atoms with van der Waals surface area (Å²) in [5.74, 6) is -0.0913. The summed E-state index contributed by atoms with van der Waals surface area (Å²) in [6.07, 6.45) is 1.02. The Morgan fingerprint density at radius 3 is 2.68 bits per heavy atom. The second-order valence-corrected chi connectivity index (χ2v) is 7.41. The Hall–Kier alpha value is -2.87. The number of nitrogen functional groups attached to an aromatic ring is 1. The fourth-order valence-electron chi connectivity index (χ4n) is 3.23. The van der Waals surface area contributed by atoms with Crippen LogP contribution in [0.3, 0.4) is 0 Å². The Labute approximate surface area is 167 Å². The number of nitrogens with two attached hydrogens (primary N) is 1. The van der Waals surface area contributed by atoms with Crippen molar-refractivity contribution in [3.63, 3.8) is 0 Å². The van der Waals surface area contributed by atoms with Gasteiger partial charge < -0.3 is 16.4 Å². The van der Waals surface area contributed by atoms with Crippen LogP contribution in [-0.2, 0) is 17.8 Å².